The first kappa shape index (κ1) is 13.5. The quantitative estimate of drug-likeness (QED) is 0.896. The monoisotopic (exact) mass is 275 g/mol. The van der Waals surface area contributed by atoms with E-state index in [-0.39, 0.29) is 0 Å². The van der Waals surface area contributed by atoms with Gasteiger partial charge in [0.1, 0.15) is 0 Å². The van der Waals surface area contributed by atoms with E-state index >= 15 is 0 Å². The molecule has 0 spiro atoms. The van der Waals surface area contributed by atoms with Gasteiger partial charge in [-0.3, -0.25) is 0 Å². The van der Waals surface area contributed by atoms with E-state index < -0.39 is 0 Å². The van der Waals surface area contributed by atoms with Crippen LogP contribution in [0, 0.1) is 5.41 Å². The lowest BCUT2D eigenvalue weighted by Crippen LogP contribution is -2.39. The summed E-state index contributed by atoms with van der Waals surface area (Å²) >= 11 is 2.10. The summed E-state index contributed by atoms with van der Waals surface area (Å²) < 4.78 is 0. The molecule has 1 aliphatic heterocycles. The molecule has 1 nitrogen and oxygen atoms in total. The second kappa shape index (κ2) is 5.14. The van der Waals surface area contributed by atoms with E-state index in [2.05, 4.69) is 61.3 Å². The molecule has 3 rings (SSSR count). The zero-order valence-corrected chi connectivity index (χ0v) is 12.9. The smallest absolute Gasteiger partial charge is 0.0135 e. The molecule has 1 saturated heterocycles. The van der Waals surface area contributed by atoms with Crippen molar-refractivity contribution in [3.05, 3.63) is 35.9 Å². The SMILES string of the molecule is CC1(C)C[C@@]1(CNC1CCSCC1)c1ccccc1. The molecule has 2 heteroatoms. The normalized spacial score (nSPS) is 30.2. The molecule has 1 saturated carbocycles. The summed E-state index contributed by atoms with van der Waals surface area (Å²) in [6, 6.07) is 11.9. The lowest BCUT2D eigenvalue weighted by molar-refractivity contribution is 0.406. The van der Waals surface area contributed by atoms with Crippen molar-refractivity contribution in [1.82, 2.24) is 5.32 Å². The molecule has 1 atom stereocenters. The molecule has 19 heavy (non-hydrogen) atoms. The van der Waals surface area contributed by atoms with E-state index in [1.54, 1.807) is 0 Å². The molecule has 0 unspecified atom stereocenters. The van der Waals surface area contributed by atoms with Crippen LogP contribution in [-0.2, 0) is 5.41 Å². The van der Waals surface area contributed by atoms with Crippen molar-refractivity contribution in [2.45, 2.75) is 44.6 Å². The van der Waals surface area contributed by atoms with Crippen LogP contribution < -0.4 is 5.32 Å². The highest BCUT2D eigenvalue weighted by molar-refractivity contribution is 7.99. The van der Waals surface area contributed by atoms with Crippen LogP contribution in [0.15, 0.2) is 30.3 Å². The molecule has 1 aromatic rings. The van der Waals surface area contributed by atoms with Crippen LogP contribution in [0.5, 0.6) is 0 Å². The molecule has 0 bridgehead atoms. The van der Waals surface area contributed by atoms with Gasteiger partial charge in [-0.05, 0) is 41.7 Å². The third-order valence-corrected chi connectivity index (χ3v) is 6.20. The number of thioether (sulfide) groups is 1. The average molecular weight is 275 g/mol. The average Bonchev–Trinajstić information content (AvgIpc) is 3.02. The van der Waals surface area contributed by atoms with Crippen molar-refractivity contribution < 1.29 is 0 Å². The standard InChI is InChI=1S/C17H25NS/c1-16(2)12-17(16,14-6-4-3-5-7-14)13-18-15-8-10-19-11-9-15/h3-7,15,18H,8-13H2,1-2H3/t17-/m1/s1. The second-order valence-electron chi connectivity index (χ2n) is 6.78. The molecule has 0 aromatic heterocycles. The maximum absolute atomic E-state index is 3.87. The third kappa shape index (κ3) is 2.57. The molecule has 1 heterocycles. The van der Waals surface area contributed by atoms with Gasteiger partial charge in [-0.15, -0.1) is 0 Å². The van der Waals surface area contributed by atoms with E-state index in [1.807, 2.05) is 0 Å². The molecule has 104 valence electrons. The number of hydrogen-bond acceptors (Lipinski definition) is 2. The van der Waals surface area contributed by atoms with Crippen molar-refractivity contribution in [1.29, 1.82) is 0 Å². The van der Waals surface area contributed by atoms with E-state index in [0.29, 0.717) is 10.8 Å². The summed E-state index contributed by atoms with van der Waals surface area (Å²) in [5.41, 5.74) is 2.35. The Balaban J connectivity index is 1.69. The lowest BCUT2D eigenvalue weighted by Gasteiger charge is -2.28. The molecule has 0 amide bonds. The van der Waals surface area contributed by atoms with E-state index in [4.69, 9.17) is 0 Å². The summed E-state index contributed by atoms with van der Waals surface area (Å²) in [4.78, 5) is 0. The van der Waals surface area contributed by atoms with Gasteiger partial charge in [0.25, 0.3) is 0 Å². The van der Waals surface area contributed by atoms with Gasteiger partial charge in [-0.2, -0.15) is 11.8 Å². The number of nitrogens with one attached hydrogen (secondary N) is 1. The van der Waals surface area contributed by atoms with Crippen LogP contribution in [0.25, 0.3) is 0 Å². The van der Waals surface area contributed by atoms with Crippen LogP contribution in [-0.4, -0.2) is 24.1 Å². The largest absolute Gasteiger partial charge is 0.313 e. The van der Waals surface area contributed by atoms with Crippen LogP contribution in [0.1, 0.15) is 38.7 Å². The topological polar surface area (TPSA) is 12.0 Å². The molecular formula is C17H25NS. The fraction of sp³-hybridized carbons (Fsp3) is 0.647. The minimum absolute atomic E-state index is 0.374. The number of benzene rings is 1. The lowest BCUT2D eigenvalue weighted by atomic mass is 9.87. The van der Waals surface area contributed by atoms with Gasteiger partial charge in [-0.25, -0.2) is 0 Å². The second-order valence-corrected chi connectivity index (χ2v) is 8.00. The van der Waals surface area contributed by atoms with Crippen LogP contribution in [0.2, 0.25) is 0 Å². The number of hydrogen-bond donors (Lipinski definition) is 1. The maximum atomic E-state index is 3.87. The van der Waals surface area contributed by atoms with Gasteiger partial charge >= 0.3 is 0 Å². The van der Waals surface area contributed by atoms with Crippen LogP contribution >= 0.6 is 11.8 Å². The molecule has 1 aromatic carbocycles. The van der Waals surface area contributed by atoms with Gasteiger partial charge in [-0.1, -0.05) is 44.2 Å². The van der Waals surface area contributed by atoms with Crippen molar-refractivity contribution in [3.63, 3.8) is 0 Å². The zero-order valence-electron chi connectivity index (χ0n) is 12.1. The van der Waals surface area contributed by atoms with Gasteiger partial charge in [0.2, 0.25) is 0 Å². The summed E-state index contributed by atoms with van der Waals surface area (Å²) in [6.07, 6.45) is 4.00. The van der Waals surface area contributed by atoms with Crippen molar-refractivity contribution in [2.24, 2.45) is 5.41 Å². The van der Waals surface area contributed by atoms with E-state index in [1.165, 1.54) is 36.3 Å². The maximum Gasteiger partial charge on any atom is 0.0135 e. The number of rotatable bonds is 4. The highest BCUT2D eigenvalue weighted by Gasteiger charge is 2.61. The molecule has 2 aliphatic rings. The Morgan fingerprint density at radius 2 is 1.79 bits per heavy atom. The van der Waals surface area contributed by atoms with Gasteiger partial charge < -0.3 is 5.32 Å². The third-order valence-electron chi connectivity index (χ3n) is 5.15. The zero-order chi connectivity index (χ0) is 13.3. The molecular weight excluding hydrogens is 250 g/mol. The Hall–Kier alpha value is -0.470. The Kier molecular flexibility index (Phi) is 3.65. The minimum atomic E-state index is 0.374. The summed E-state index contributed by atoms with van der Waals surface area (Å²) in [5, 5.41) is 3.87. The van der Waals surface area contributed by atoms with Crippen molar-refractivity contribution in [2.75, 3.05) is 18.1 Å². The van der Waals surface area contributed by atoms with Crippen LogP contribution in [0.3, 0.4) is 0 Å². The van der Waals surface area contributed by atoms with Gasteiger partial charge in [0, 0.05) is 18.0 Å². The molecule has 1 aliphatic carbocycles. The summed E-state index contributed by atoms with van der Waals surface area (Å²) in [7, 11) is 0. The summed E-state index contributed by atoms with van der Waals surface area (Å²) in [5.74, 6) is 2.67. The van der Waals surface area contributed by atoms with Crippen molar-refractivity contribution in [3.8, 4) is 0 Å². The first-order chi connectivity index (χ1) is 9.14. The van der Waals surface area contributed by atoms with E-state index in [9.17, 15) is 0 Å². The molecule has 1 N–H and O–H groups in total. The Bertz CT molecular complexity index is 422. The first-order valence-corrected chi connectivity index (χ1v) is 8.66. The first-order valence-electron chi connectivity index (χ1n) is 7.51. The summed E-state index contributed by atoms with van der Waals surface area (Å²) in [6.45, 7) is 5.98. The van der Waals surface area contributed by atoms with Gasteiger partial charge in [0.05, 0.1) is 0 Å². The Morgan fingerprint density at radius 1 is 1.16 bits per heavy atom. The van der Waals surface area contributed by atoms with Crippen molar-refractivity contribution >= 4 is 11.8 Å². The predicted molar refractivity (Wildman–Crippen MR) is 84.9 cm³/mol. The van der Waals surface area contributed by atoms with Crippen LogP contribution in [0.4, 0.5) is 0 Å². The molecule has 0 radical (unpaired) electrons. The highest BCUT2D eigenvalue weighted by atomic mass is 32.2. The Morgan fingerprint density at radius 3 is 2.37 bits per heavy atom. The minimum Gasteiger partial charge on any atom is -0.313 e. The van der Waals surface area contributed by atoms with E-state index in [0.717, 1.165) is 12.6 Å². The molecule has 2 fully saturated rings. The highest BCUT2D eigenvalue weighted by Crippen LogP contribution is 2.63. The fourth-order valence-electron chi connectivity index (χ4n) is 3.58. The predicted octanol–water partition coefficient (Wildman–Crippen LogP) is 3.84. The van der Waals surface area contributed by atoms with Gasteiger partial charge in [0.15, 0.2) is 0 Å². The fourth-order valence-corrected chi connectivity index (χ4v) is 4.69. The Labute approximate surface area is 121 Å².